The number of halogens is 2. The fourth-order valence-electron chi connectivity index (χ4n) is 2.64. The van der Waals surface area contributed by atoms with Gasteiger partial charge in [0.2, 0.25) is 0 Å². The maximum Gasteiger partial charge on any atom is 0.132 e. The first kappa shape index (κ1) is 15.5. The molecule has 0 saturated carbocycles. The quantitative estimate of drug-likeness (QED) is 0.462. The highest BCUT2D eigenvalue weighted by Crippen LogP contribution is 2.33. The number of ether oxygens (including phenoxy) is 1. The van der Waals surface area contributed by atoms with Crippen molar-refractivity contribution in [2.75, 3.05) is 0 Å². The predicted octanol–water partition coefficient (Wildman–Crippen LogP) is 5.88. The fraction of sp³-hybridized carbons (Fsp3) is 0. The SMILES string of the molecule is Fc1ccc(Oc2ccccc2)cc1-c1ncnc2c(Cl)cccc12. The van der Waals surface area contributed by atoms with E-state index in [1.54, 1.807) is 24.3 Å². The van der Waals surface area contributed by atoms with Crippen molar-refractivity contribution in [3.63, 3.8) is 0 Å². The van der Waals surface area contributed by atoms with Gasteiger partial charge in [-0.05, 0) is 36.4 Å². The third kappa shape index (κ3) is 3.04. The van der Waals surface area contributed by atoms with E-state index in [2.05, 4.69) is 9.97 Å². The predicted molar refractivity (Wildman–Crippen MR) is 96.5 cm³/mol. The average molecular weight is 351 g/mol. The molecule has 1 aromatic heterocycles. The number of fused-ring (bicyclic) bond motifs is 1. The van der Waals surface area contributed by atoms with Crippen molar-refractivity contribution in [3.8, 4) is 22.8 Å². The van der Waals surface area contributed by atoms with Crippen LogP contribution >= 0.6 is 11.6 Å². The summed E-state index contributed by atoms with van der Waals surface area (Å²) in [5, 5.41) is 1.18. The lowest BCUT2D eigenvalue weighted by Crippen LogP contribution is -1.93. The first-order chi connectivity index (χ1) is 12.2. The second-order valence-corrected chi connectivity index (χ2v) is 5.82. The highest BCUT2D eigenvalue weighted by molar-refractivity contribution is 6.35. The summed E-state index contributed by atoms with van der Waals surface area (Å²) in [7, 11) is 0. The summed E-state index contributed by atoms with van der Waals surface area (Å²) in [5.74, 6) is 0.812. The van der Waals surface area contributed by atoms with Gasteiger partial charge in [-0.25, -0.2) is 14.4 Å². The van der Waals surface area contributed by atoms with Crippen LogP contribution in [0.15, 0.2) is 73.1 Å². The number of hydrogen-bond donors (Lipinski definition) is 0. The van der Waals surface area contributed by atoms with E-state index in [0.29, 0.717) is 38.7 Å². The van der Waals surface area contributed by atoms with Crippen molar-refractivity contribution in [2.45, 2.75) is 0 Å². The van der Waals surface area contributed by atoms with Crippen molar-refractivity contribution >= 4 is 22.5 Å². The Labute approximate surface area is 148 Å². The van der Waals surface area contributed by atoms with Gasteiger partial charge in [-0.3, -0.25) is 0 Å². The molecular weight excluding hydrogens is 339 g/mol. The van der Waals surface area contributed by atoms with Gasteiger partial charge in [0.1, 0.15) is 23.6 Å². The van der Waals surface area contributed by atoms with Crippen LogP contribution in [0.3, 0.4) is 0 Å². The lowest BCUT2D eigenvalue weighted by molar-refractivity contribution is 0.481. The zero-order valence-electron chi connectivity index (χ0n) is 13.0. The molecule has 3 nitrogen and oxygen atoms in total. The van der Waals surface area contributed by atoms with E-state index in [0.717, 1.165) is 0 Å². The summed E-state index contributed by atoms with van der Waals surface area (Å²) in [6, 6.07) is 19.3. The second-order valence-electron chi connectivity index (χ2n) is 5.42. The smallest absolute Gasteiger partial charge is 0.132 e. The zero-order chi connectivity index (χ0) is 17.2. The largest absolute Gasteiger partial charge is 0.457 e. The molecule has 0 radical (unpaired) electrons. The van der Waals surface area contributed by atoms with Crippen LogP contribution in [-0.4, -0.2) is 9.97 Å². The average Bonchev–Trinajstić information content (AvgIpc) is 2.64. The maximum absolute atomic E-state index is 14.5. The Morgan fingerprint density at radius 1 is 0.840 bits per heavy atom. The van der Waals surface area contributed by atoms with Crippen molar-refractivity contribution in [1.29, 1.82) is 0 Å². The van der Waals surface area contributed by atoms with Crippen LogP contribution in [0.5, 0.6) is 11.5 Å². The first-order valence-corrected chi connectivity index (χ1v) is 8.02. The minimum absolute atomic E-state index is 0.336. The normalized spacial score (nSPS) is 10.8. The van der Waals surface area contributed by atoms with Crippen LogP contribution in [0, 0.1) is 5.82 Å². The molecule has 3 aromatic carbocycles. The van der Waals surface area contributed by atoms with E-state index in [9.17, 15) is 4.39 Å². The molecule has 0 aliphatic carbocycles. The Morgan fingerprint density at radius 3 is 2.52 bits per heavy atom. The van der Waals surface area contributed by atoms with Crippen LogP contribution in [0.4, 0.5) is 4.39 Å². The molecule has 4 aromatic rings. The molecule has 5 heteroatoms. The number of para-hydroxylation sites is 2. The highest BCUT2D eigenvalue weighted by Gasteiger charge is 2.14. The molecule has 0 unspecified atom stereocenters. The third-order valence-electron chi connectivity index (χ3n) is 3.79. The van der Waals surface area contributed by atoms with Gasteiger partial charge in [-0.15, -0.1) is 0 Å². The minimum atomic E-state index is -0.389. The fourth-order valence-corrected chi connectivity index (χ4v) is 2.86. The van der Waals surface area contributed by atoms with E-state index in [-0.39, 0.29) is 5.82 Å². The summed E-state index contributed by atoms with van der Waals surface area (Å²) in [5.41, 5.74) is 1.40. The van der Waals surface area contributed by atoms with Gasteiger partial charge in [0.15, 0.2) is 0 Å². The summed E-state index contributed by atoms with van der Waals surface area (Å²) < 4.78 is 20.3. The Morgan fingerprint density at radius 2 is 1.68 bits per heavy atom. The van der Waals surface area contributed by atoms with Gasteiger partial charge >= 0.3 is 0 Å². The molecule has 0 bridgehead atoms. The third-order valence-corrected chi connectivity index (χ3v) is 4.09. The number of nitrogens with zero attached hydrogens (tertiary/aromatic N) is 2. The molecule has 0 fully saturated rings. The summed E-state index contributed by atoms with van der Waals surface area (Å²) in [4.78, 5) is 8.45. The Bertz CT molecular complexity index is 1050. The number of aromatic nitrogens is 2. The second kappa shape index (κ2) is 6.49. The standard InChI is InChI=1S/C20H12ClFN2O/c21-17-8-4-7-15-19(23-12-24-20(15)17)16-11-14(9-10-18(16)22)25-13-5-2-1-3-6-13/h1-12H. The van der Waals surface area contributed by atoms with E-state index in [1.807, 2.05) is 36.4 Å². The van der Waals surface area contributed by atoms with Crippen LogP contribution < -0.4 is 4.74 Å². The van der Waals surface area contributed by atoms with Crippen LogP contribution in [0.2, 0.25) is 5.02 Å². The number of benzene rings is 3. The molecule has 0 N–H and O–H groups in total. The monoisotopic (exact) mass is 350 g/mol. The molecule has 1 heterocycles. The van der Waals surface area contributed by atoms with Gasteiger partial charge in [-0.1, -0.05) is 41.9 Å². The molecule has 4 rings (SSSR count). The minimum Gasteiger partial charge on any atom is -0.457 e. The van der Waals surface area contributed by atoms with Crippen LogP contribution in [0.1, 0.15) is 0 Å². The van der Waals surface area contributed by atoms with Gasteiger partial charge in [-0.2, -0.15) is 0 Å². The molecule has 122 valence electrons. The van der Waals surface area contributed by atoms with Gasteiger partial charge in [0.25, 0.3) is 0 Å². The van der Waals surface area contributed by atoms with Crippen molar-refractivity contribution < 1.29 is 9.13 Å². The molecule has 0 spiro atoms. The van der Waals surface area contributed by atoms with Gasteiger partial charge < -0.3 is 4.74 Å². The van der Waals surface area contributed by atoms with Crippen molar-refractivity contribution in [1.82, 2.24) is 9.97 Å². The molecular formula is C20H12ClFN2O. The van der Waals surface area contributed by atoms with Crippen molar-refractivity contribution in [3.05, 3.63) is 83.9 Å². The summed E-state index contributed by atoms with van der Waals surface area (Å²) in [6.45, 7) is 0. The lowest BCUT2D eigenvalue weighted by Gasteiger charge is -2.10. The molecule has 0 aliphatic heterocycles. The topological polar surface area (TPSA) is 35.0 Å². The summed E-state index contributed by atoms with van der Waals surface area (Å²) >= 11 is 6.19. The van der Waals surface area contributed by atoms with Crippen molar-refractivity contribution in [2.24, 2.45) is 0 Å². The highest BCUT2D eigenvalue weighted by atomic mass is 35.5. The van der Waals surface area contributed by atoms with Crippen LogP contribution in [-0.2, 0) is 0 Å². The maximum atomic E-state index is 14.5. The first-order valence-electron chi connectivity index (χ1n) is 7.64. The van der Waals surface area contributed by atoms with E-state index in [1.165, 1.54) is 12.4 Å². The van der Waals surface area contributed by atoms with Gasteiger partial charge in [0.05, 0.1) is 16.2 Å². The van der Waals surface area contributed by atoms with E-state index >= 15 is 0 Å². The Balaban J connectivity index is 1.83. The summed E-state index contributed by atoms with van der Waals surface area (Å²) in [6.07, 6.45) is 1.38. The lowest BCUT2D eigenvalue weighted by atomic mass is 10.1. The zero-order valence-corrected chi connectivity index (χ0v) is 13.7. The number of rotatable bonds is 3. The van der Waals surface area contributed by atoms with E-state index in [4.69, 9.17) is 16.3 Å². The van der Waals surface area contributed by atoms with Crippen LogP contribution in [0.25, 0.3) is 22.2 Å². The van der Waals surface area contributed by atoms with Gasteiger partial charge in [0, 0.05) is 10.9 Å². The molecule has 0 aliphatic rings. The Kier molecular flexibility index (Phi) is 4.04. The number of hydrogen-bond acceptors (Lipinski definition) is 3. The Hall–Kier alpha value is -2.98. The molecule has 0 saturated heterocycles. The van der Waals surface area contributed by atoms with E-state index < -0.39 is 0 Å². The molecule has 0 atom stereocenters. The molecule has 0 amide bonds. The molecule has 25 heavy (non-hydrogen) atoms.